The number of methoxy groups -OCH3 is 1. The largest absolute Gasteiger partial charge is 0.497 e. The maximum absolute atomic E-state index is 12.5. The molecule has 0 atom stereocenters. The lowest BCUT2D eigenvalue weighted by Gasteiger charge is -2.10. The second-order valence-electron chi connectivity index (χ2n) is 5.53. The van der Waals surface area contributed by atoms with Crippen molar-refractivity contribution in [3.63, 3.8) is 0 Å². The van der Waals surface area contributed by atoms with Gasteiger partial charge in [0.05, 0.1) is 17.8 Å². The number of carbonyl (C=O) groups is 1. The minimum absolute atomic E-state index is 0.228. The second-order valence-corrected chi connectivity index (χ2v) is 5.94. The fourth-order valence-electron chi connectivity index (χ4n) is 2.61. The number of carbonyl (C=O) groups excluding carboxylic acids is 1. The van der Waals surface area contributed by atoms with Gasteiger partial charge in [-0.1, -0.05) is 17.7 Å². The van der Waals surface area contributed by atoms with E-state index in [4.69, 9.17) is 16.3 Å². The van der Waals surface area contributed by atoms with Gasteiger partial charge in [-0.25, -0.2) is 0 Å². The number of anilines is 1. The van der Waals surface area contributed by atoms with Crippen molar-refractivity contribution in [1.29, 1.82) is 0 Å². The summed E-state index contributed by atoms with van der Waals surface area (Å²) in [6.07, 6.45) is 0. The van der Waals surface area contributed by atoms with Crippen molar-refractivity contribution in [2.24, 2.45) is 0 Å². The zero-order valence-electron chi connectivity index (χ0n) is 13.2. The molecule has 5 heteroatoms. The average Bonchev–Trinajstić information content (AvgIpc) is 2.93. The topological polar surface area (TPSA) is 54.1 Å². The molecule has 0 spiro atoms. The van der Waals surface area contributed by atoms with E-state index in [1.54, 1.807) is 13.2 Å². The summed E-state index contributed by atoms with van der Waals surface area (Å²) in [5.74, 6) is 0.523. The Morgan fingerprint density at radius 3 is 2.65 bits per heavy atom. The maximum Gasteiger partial charge on any atom is 0.272 e. The van der Waals surface area contributed by atoms with Gasteiger partial charge in [0.1, 0.15) is 11.4 Å². The van der Waals surface area contributed by atoms with E-state index in [-0.39, 0.29) is 5.91 Å². The number of aromatic amines is 1. The van der Waals surface area contributed by atoms with Gasteiger partial charge in [-0.05, 0) is 55.3 Å². The molecular formula is C18H17ClN2O2. The van der Waals surface area contributed by atoms with Gasteiger partial charge in [-0.2, -0.15) is 0 Å². The first-order valence-corrected chi connectivity index (χ1v) is 7.60. The Kier molecular flexibility index (Phi) is 4.01. The molecule has 2 N–H and O–H groups in total. The second kappa shape index (κ2) is 5.97. The summed E-state index contributed by atoms with van der Waals surface area (Å²) in [5.41, 5.74) is 3.98. The van der Waals surface area contributed by atoms with Crippen LogP contribution in [-0.2, 0) is 0 Å². The third-order valence-corrected chi connectivity index (χ3v) is 4.04. The molecule has 0 aliphatic carbocycles. The molecule has 0 aliphatic heterocycles. The zero-order valence-corrected chi connectivity index (χ0v) is 13.9. The van der Waals surface area contributed by atoms with E-state index in [0.717, 1.165) is 27.8 Å². The Morgan fingerprint density at radius 2 is 1.96 bits per heavy atom. The number of rotatable bonds is 3. The summed E-state index contributed by atoms with van der Waals surface area (Å²) >= 11 is 6.24. The lowest BCUT2D eigenvalue weighted by atomic mass is 10.1. The summed E-state index contributed by atoms with van der Waals surface area (Å²) in [7, 11) is 1.61. The number of H-pyrrole nitrogens is 1. The molecule has 118 valence electrons. The molecule has 4 nitrogen and oxygen atoms in total. The summed E-state index contributed by atoms with van der Waals surface area (Å²) in [6.45, 7) is 3.89. The lowest BCUT2D eigenvalue weighted by molar-refractivity contribution is 0.102. The quantitative estimate of drug-likeness (QED) is 0.732. The smallest absolute Gasteiger partial charge is 0.272 e. The summed E-state index contributed by atoms with van der Waals surface area (Å²) in [6, 6.07) is 11.2. The molecule has 23 heavy (non-hydrogen) atoms. The number of halogens is 1. The van der Waals surface area contributed by atoms with Crippen LogP contribution in [0.25, 0.3) is 10.9 Å². The van der Waals surface area contributed by atoms with E-state index >= 15 is 0 Å². The van der Waals surface area contributed by atoms with E-state index in [1.165, 1.54) is 0 Å². The van der Waals surface area contributed by atoms with Crippen LogP contribution in [0.3, 0.4) is 0 Å². The van der Waals surface area contributed by atoms with Gasteiger partial charge in [-0.3, -0.25) is 4.79 Å². The number of nitrogens with one attached hydrogen (secondary N) is 2. The van der Waals surface area contributed by atoms with E-state index < -0.39 is 0 Å². The van der Waals surface area contributed by atoms with Crippen molar-refractivity contribution in [3.8, 4) is 5.75 Å². The Morgan fingerprint density at radius 1 is 1.17 bits per heavy atom. The molecule has 0 saturated heterocycles. The molecule has 0 unspecified atom stereocenters. The summed E-state index contributed by atoms with van der Waals surface area (Å²) < 4.78 is 5.20. The maximum atomic E-state index is 12.5. The minimum Gasteiger partial charge on any atom is -0.497 e. The monoisotopic (exact) mass is 328 g/mol. The Balaban J connectivity index is 1.92. The van der Waals surface area contributed by atoms with Gasteiger partial charge in [0, 0.05) is 10.9 Å². The number of benzene rings is 2. The molecule has 3 aromatic rings. The van der Waals surface area contributed by atoms with Gasteiger partial charge < -0.3 is 15.0 Å². The van der Waals surface area contributed by atoms with E-state index in [2.05, 4.69) is 10.3 Å². The molecule has 1 amide bonds. The van der Waals surface area contributed by atoms with Crippen molar-refractivity contribution in [2.75, 3.05) is 12.4 Å². The highest BCUT2D eigenvalue weighted by molar-refractivity contribution is 6.34. The third-order valence-electron chi connectivity index (χ3n) is 3.74. The zero-order chi connectivity index (χ0) is 16.6. The van der Waals surface area contributed by atoms with Crippen molar-refractivity contribution in [2.45, 2.75) is 13.8 Å². The van der Waals surface area contributed by atoms with Crippen LogP contribution in [0.15, 0.2) is 36.4 Å². The van der Waals surface area contributed by atoms with E-state index in [9.17, 15) is 4.79 Å². The molecule has 0 aliphatic rings. The Labute approximate surface area is 139 Å². The van der Waals surface area contributed by atoms with Crippen molar-refractivity contribution in [1.82, 2.24) is 4.98 Å². The first-order valence-electron chi connectivity index (χ1n) is 7.23. The van der Waals surface area contributed by atoms with Crippen LogP contribution in [0.1, 0.15) is 21.6 Å². The van der Waals surface area contributed by atoms with E-state index in [1.807, 2.05) is 44.2 Å². The van der Waals surface area contributed by atoms with Crippen LogP contribution in [0.2, 0.25) is 5.02 Å². The molecule has 0 saturated carbocycles. The number of aryl methyl sites for hydroxylation is 2. The normalized spacial score (nSPS) is 10.8. The number of fused-ring (bicyclic) bond motifs is 1. The van der Waals surface area contributed by atoms with Gasteiger partial charge in [0.25, 0.3) is 5.91 Å². The third kappa shape index (κ3) is 3.03. The molecule has 0 radical (unpaired) electrons. The standard InChI is InChI=1S/C18H17ClN2O2/c1-10-6-11(2)17(14(19)7-10)21-18(22)16-9-12-8-13(23-3)4-5-15(12)20-16/h4-9,20H,1-3H3,(H,21,22). The molecule has 2 aromatic carbocycles. The molecule has 3 rings (SSSR count). The van der Waals surface area contributed by atoms with Crippen molar-refractivity contribution >= 4 is 34.1 Å². The Hall–Kier alpha value is -2.46. The van der Waals surface area contributed by atoms with Gasteiger partial charge >= 0.3 is 0 Å². The molecule has 0 fully saturated rings. The predicted octanol–water partition coefficient (Wildman–Crippen LogP) is 4.70. The minimum atomic E-state index is -0.228. The molecular weight excluding hydrogens is 312 g/mol. The van der Waals surface area contributed by atoms with Gasteiger partial charge in [-0.15, -0.1) is 0 Å². The lowest BCUT2D eigenvalue weighted by Crippen LogP contribution is -2.13. The van der Waals surface area contributed by atoms with Crippen molar-refractivity contribution in [3.05, 3.63) is 58.2 Å². The van der Waals surface area contributed by atoms with Crippen LogP contribution >= 0.6 is 11.6 Å². The van der Waals surface area contributed by atoms with Crippen LogP contribution in [0, 0.1) is 13.8 Å². The number of ether oxygens (including phenoxy) is 1. The van der Waals surface area contributed by atoms with Gasteiger partial charge in [0.2, 0.25) is 0 Å². The van der Waals surface area contributed by atoms with Gasteiger partial charge in [0.15, 0.2) is 0 Å². The van der Waals surface area contributed by atoms with Crippen LogP contribution in [0.4, 0.5) is 5.69 Å². The molecule has 1 aromatic heterocycles. The first kappa shape index (κ1) is 15.4. The van der Waals surface area contributed by atoms with Crippen LogP contribution in [0.5, 0.6) is 5.75 Å². The number of hydrogen-bond donors (Lipinski definition) is 2. The fourth-order valence-corrected chi connectivity index (χ4v) is 2.98. The SMILES string of the molecule is COc1ccc2[nH]c(C(=O)Nc3c(C)cc(C)cc3Cl)cc2c1. The molecule has 0 bridgehead atoms. The summed E-state index contributed by atoms with van der Waals surface area (Å²) in [4.78, 5) is 15.6. The van der Waals surface area contributed by atoms with Crippen LogP contribution in [-0.4, -0.2) is 18.0 Å². The fraction of sp³-hybridized carbons (Fsp3) is 0.167. The van der Waals surface area contributed by atoms with Crippen LogP contribution < -0.4 is 10.1 Å². The Bertz CT molecular complexity index is 876. The summed E-state index contributed by atoms with van der Waals surface area (Å²) in [5, 5.41) is 4.33. The number of hydrogen-bond acceptors (Lipinski definition) is 2. The van der Waals surface area contributed by atoms with Crippen molar-refractivity contribution < 1.29 is 9.53 Å². The number of amides is 1. The highest BCUT2D eigenvalue weighted by Gasteiger charge is 2.14. The average molecular weight is 329 g/mol. The first-order chi connectivity index (χ1) is 11.0. The van der Waals surface area contributed by atoms with E-state index in [0.29, 0.717) is 16.4 Å². The molecule has 1 heterocycles. The number of aromatic nitrogens is 1. The highest BCUT2D eigenvalue weighted by Crippen LogP contribution is 2.28. The highest BCUT2D eigenvalue weighted by atomic mass is 35.5. The predicted molar refractivity (Wildman–Crippen MR) is 93.7 cm³/mol.